The number of piperidine rings is 1. The zero-order valence-corrected chi connectivity index (χ0v) is 14.5. The minimum absolute atomic E-state index is 0.122. The van der Waals surface area contributed by atoms with E-state index in [1.165, 1.54) is 6.42 Å². The molecule has 5 heteroatoms. The Morgan fingerprint density at radius 1 is 1.30 bits per heavy atom. The van der Waals surface area contributed by atoms with Gasteiger partial charge < -0.3 is 9.64 Å². The Morgan fingerprint density at radius 3 is 2.87 bits per heavy atom. The van der Waals surface area contributed by atoms with Crippen LogP contribution in [0.25, 0.3) is 0 Å². The zero-order valence-electron chi connectivity index (χ0n) is 13.8. The fourth-order valence-electron chi connectivity index (χ4n) is 3.56. The standard InChI is InChI=1S/C18H25ClN2O2/c1-14-16(5-2-6-17(14)19)18(22)21-7-3-4-15(13-21)12-20-8-10-23-11-9-20/h2,5-6,15H,3-4,7-13H2,1H3/t15-/m0/s1. The molecule has 0 spiro atoms. The molecule has 0 saturated carbocycles. The highest BCUT2D eigenvalue weighted by Gasteiger charge is 2.27. The Balaban J connectivity index is 1.63. The minimum atomic E-state index is 0.122. The summed E-state index contributed by atoms with van der Waals surface area (Å²) in [6, 6.07) is 5.58. The van der Waals surface area contributed by atoms with E-state index in [-0.39, 0.29) is 5.91 Å². The van der Waals surface area contributed by atoms with Crippen LogP contribution in [0, 0.1) is 12.8 Å². The van der Waals surface area contributed by atoms with Crippen molar-refractivity contribution in [3.8, 4) is 0 Å². The van der Waals surface area contributed by atoms with Crippen LogP contribution in [0.5, 0.6) is 0 Å². The van der Waals surface area contributed by atoms with Crippen LogP contribution >= 0.6 is 11.6 Å². The number of rotatable bonds is 3. The summed E-state index contributed by atoms with van der Waals surface area (Å²) >= 11 is 6.17. The number of amides is 1. The van der Waals surface area contributed by atoms with Gasteiger partial charge >= 0.3 is 0 Å². The predicted octanol–water partition coefficient (Wildman–Crippen LogP) is 2.83. The number of ether oxygens (including phenoxy) is 1. The zero-order chi connectivity index (χ0) is 16.2. The molecule has 3 rings (SSSR count). The average Bonchev–Trinajstić information content (AvgIpc) is 2.58. The van der Waals surface area contributed by atoms with Gasteiger partial charge in [-0.25, -0.2) is 0 Å². The van der Waals surface area contributed by atoms with Crippen molar-refractivity contribution in [3.05, 3.63) is 34.3 Å². The average molecular weight is 337 g/mol. The molecule has 1 aromatic rings. The lowest BCUT2D eigenvalue weighted by atomic mass is 9.96. The fourth-order valence-corrected chi connectivity index (χ4v) is 3.73. The first-order valence-electron chi connectivity index (χ1n) is 8.49. The maximum Gasteiger partial charge on any atom is 0.254 e. The molecule has 1 aromatic carbocycles. The maximum atomic E-state index is 12.8. The third-order valence-electron chi connectivity index (χ3n) is 4.92. The van der Waals surface area contributed by atoms with Gasteiger partial charge in [0.15, 0.2) is 0 Å². The Bertz CT molecular complexity index is 558. The molecule has 126 valence electrons. The normalized spacial score (nSPS) is 23.0. The fraction of sp³-hybridized carbons (Fsp3) is 0.611. The molecule has 0 unspecified atom stereocenters. The van der Waals surface area contributed by atoms with E-state index in [2.05, 4.69) is 4.90 Å². The second-order valence-corrected chi connectivity index (χ2v) is 6.99. The summed E-state index contributed by atoms with van der Waals surface area (Å²) < 4.78 is 5.41. The molecule has 0 bridgehead atoms. The number of carbonyl (C=O) groups excluding carboxylic acids is 1. The minimum Gasteiger partial charge on any atom is -0.379 e. The molecule has 23 heavy (non-hydrogen) atoms. The molecule has 1 amide bonds. The Morgan fingerprint density at radius 2 is 2.09 bits per heavy atom. The number of likely N-dealkylation sites (tertiary alicyclic amines) is 1. The molecule has 1 atom stereocenters. The Hall–Kier alpha value is -1.10. The summed E-state index contributed by atoms with van der Waals surface area (Å²) in [5.74, 6) is 0.682. The monoisotopic (exact) mass is 336 g/mol. The van der Waals surface area contributed by atoms with Crippen molar-refractivity contribution in [3.63, 3.8) is 0 Å². The van der Waals surface area contributed by atoms with E-state index in [4.69, 9.17) is 16.3 Å². The second kappa shape index (κ2) is 7.65. The lowest BCUT2D eigenvalue weighted by molar-refractivity contribution is 0.0223. The molecule has 0 aromatic heterocycles. The van der Waals surface area contributed by atoms with Crippen molar-refractivity contribution in [1.82, 2.24) is 9.80 Å². The molecule has 0 N–H and O–H groups in total. The number of hydrogen-bond acceptors (Lipinski definition) is 3. The smallest absolute Gasteiger partial charge is 0.254 e. The van der Waals surface area contributed by atoms with Gasteiger partial charge in [-0.2, -0.15) is 0 Å². The molecule has 4 nitrogen and oxygen atoms in total. The van der Waals surface area contributed by atoms with Crippen LogP contribution in [0.1, 0.15) is 28.8 Å². The SMILES string of the molecule is Cc1c(Cl)cccc1C(=O)N1CCC[C@@H](CN2CCOCC2)C1. The lowest BCUT2D eigenvalue weighted by Gasteiger charge is -2.37. The largest absolute Gasteiger partial charge is 0.379 e. The van der Waals surface area contributed by atoms with E-state index in [9.17, 15) is 4.79 Å². The van der Waals surface area contributed by atoms with Crippen molar-refractivity contribution < 1.29 is 9.53 Å². The first-order chi connectivity index (χ1) is 11.1. The highest BCUT2D eigenvalue weighted by Crippen LogP contribution is 2.24. The van der Waals surface area contributed by atoms with Gasteiger partial charge in [0.05, 0.1) is 13.2 Å². The van der Waals surface area contributed by atoms with Crippen molar-refractivity contribution in [2.45, 2.75) is 19.8 Å². The van der Waals surface area contributed by atoms with Crippen LogP contribution in [0.4, 0.5) is 0 Å². The van der Waals surface area contributed by atoms with Gasteiger partial charge in [0, 0.05) is 43.3 Å². The van der Waals surface area contributed by atoms with Crippen molar-refractivity contribution in [1.29, 1.82) is 0 Å². The van der Waals surface area contributed by atoms with Gasteiger partial charge in [0.1, 0.15) is 0 Å². The van der Waals surface area contributed by atoms with Crippen LogP contribution in [-0.4, -0.2) is 61.6 Å². The van der Waals surface area contributed by atoms with E-state index in [0.717, 1.165) is 63.5 Å². The summed E-state index contributed by atoms with van der Waals surface area (Å²) in [5, 5.41) is 0.665. The number of nitrogens with zero attached hydrogens (tertiary/aromatic N) is 2. The summed E-state index contributed by atoms with van der Waals surface area (Å²) in [6.45, 7) is 8.38. The number of morpholine rings is 1. The molecule has 0 radical (unpaired) electrons. The lowest BCUT2D eigenvalue weighted by Crippen LogP contribution is -2.46. The number of benzene rings is 1. The molecular formula is C18H25ClN2O2. The van der Waals surface area contributed by atoms with Crippen LogP contribution in [0.15, 0.2) is 18.2 Å². The maximum absolute atomic E-state index is 12.8. The van der Waals surface area contributed by atoms with Crippen LogP contribution in [0.3, 0.4) is 0 Å². The van der Waals surface area contributed by atoms with Gasteiger partial charge in [0.2, 0.25) is 0 Å². The second-order valence-electron chi connectivity index (χ2n) is 6.58. The van der Waals surface area contributed by atoms with E-state index < -0.39 is 0 Å². The first-order valence-corrected chi connectivity index (χ1v) is 8.87. The quantitative estimate of drug-likeness (QED) is 0.851. The summed E-state index contributed by atoms with van der Waals surface area (Å²) in [7, 11) is 0. The highest BCUT2D eigenvalue weighted by molar-refractivity contribution is 6.31. The Kier molecular flexibility index (Phi) is 5.57. The van der Waals surface area contributed by atoms with Gasteiger partial charge in [-0.05, 0) is 43.4 Å². The molecule has 2 saturated heterocycles. The van der Waals surface area contributed by atoms with E-state index in [0.29, 0.717) is 10.9 Å². The predicted molar refractivity (Wildman–Crippen MR) is 92.1 cm³/mol. The van der Waals surface area contributed by atoms with Gasteiger partial charge in [-0.1, -0.05) is 17.7 Å². The van der Waals surface area contributed by atoms with Crippen molar-refractivity contribution in [2.75, 3.05) is 45.9 Å². The summed E-state index contributed by atoms with van der Waals surface area (Å²) in [6.07, 6.45) is 2.29. The first kappa shape index (κ1) is 16.7. The van der Waals surface area contributed by atoms with Crippen molar-refractivity contribution >= 4 is 17.5 Å². The number of carbonyl (C=O) groups is 1. The summed E-state index contributed by atoms with van der Waals surface area (Å²) in [4.78, 5) is 17.3. The molecule has 0 aliphatic carbocycles. The van der Waals surface area contributed by atoms with Gasteiger partial charge in [-0.3, -0.25) is 9.69 Å². The molecule has 2 aliphatic rings. The van der Waals surface area contributed by atoms with Gasteiger partial charge in [0.25, 0.3) is 5.91 Å². The summed E-state index contributed by atoms with van der Waals surface area (Å²) in [5.41, 5.74) is 1.62. The van der Waals surface area contributed by atoms with Gasteiger partial charge in [-0.15, -0.1) is 0 Å². The third kappa shape index (κ3) is 4.06. The molecule has 2 fully saturated rings. The van der Waals surface area contributed by atoms with E-state index in [1.54, 1.807) is 0 Å². The van der Waals surface area contributed by atoms with Crippen molar-refractivity contribution in [2.24, 2.45) is 5.92 Å². The Labute approximate surface area is 143 Å². The van der Waals surface area contributed by atoms with E-state index >= 15 is 0 Å². The topological polar surface area (TPSA) is 32.8 Å². The molecule has 2 heterocycles. The van der Waals surface area contributed by atoms with Crippen LogP contribution in [-0.2, 0) is 4.74 Å². The molecule has 2 aliphatic heterocycles. The van der Waals surface area contributed by atoms with Crippen LogP contribution in [0.2, 0.25) is 5.02 Å². The number of halogens is 1. The molecular weight excluding hydrogens is 312 g/mol. The third-order valence-corrected chi connectivity index (χ3v) is 5.33. The van der Waals surface area contributed by atoms with E-state index in [1.807, 2.05) is 30.0 Å². The van der Waals surface area contributed by atoms with Crippen LogP contribution < -0.4 is 0 Å². The highest BCUT2D eigenvalue weighted by atomic mass is 35.5. The number of hydrogen-bond donors (Lipinski definition) is 0.